The van der Waals surface area contributed by atoms with Crippen LogP contribution in [0.1, 0.15) is 27.2 Å². The standard InChI is InChI=1S/C11H22N2O2/c1-8(2)6-13-5-4-9(3)12-11(15)10(13)7-14/h8-10,14H,4-7H2,1-3H3,(H,12,15). The lowest BCUT2D eigenvalue weighted by Gasteiger charge is -2.28. The summed E-state index contributed by atoms with van der Waals surface area (Å²) in [5.74, 6) is 0.475. The van der Waals surface area contributed by atoms with Crippen molar-refractivity contribution >= 4 is 5.91 Å². The van der Waals surface area contributed by atoms with Crippen molar-refractivity contribution in [2.75, 3.05) is 19.7 Å². The van der Waals surface area contributed by atoms with Gasteiger partial charge in [0.2, 0.25) is 5.91 Å². The molecule has 1 heterocycles. The van der Waals surface area contributed by atoms with E-state index >= 15 is 0 Å². The number of nitrogens with zero attached hydrogens (tertiary/aromatic N) is 1. The molecule has 0 bridgehead atoms. The first-order valence-corrected chi connectivity index (χ1v) is 5.70. The number of hydrogen-bond acceptors (Lipinski definition) is 3. The highest BCUT2D eigenvalue weighted by molar-refractivity contribution is 5.82. The molecular weight excluding hydrogens is 192 g/mol. The van der Waals surface area contributed by atoms with Gasteiger partial charge in [-0.25, -0.2) is 0 Å². The third-order valence-electron chi connectivity index (χ3n) is 2.75. The van der Waals surface area contributed by atoms with Crippen molar-refractivity contribution in [3.05, 3.63) is 0 Å². The molecule has 1 rings (SSSR count). The fourth-order valence-corrected chi connectivity index (χ4v) is 1.98. The van der Waals surface area contributed by atoms with Crippen molar-refractivity contribution < 1.29 is 9.90 Å². The van der Waals surface area contributed by atoms with Crippen LogP contribution in [0.3, 0.4) is 0 Å². The number of aliphatic hydroxyl groups excluding tert-OH is 1. The molecule has 1 amide bonds. The van der Waals surface area contributed by atoms with E-state index in [1.807, 2.05) is 6.92 Å². The first-order valence-electron chi connectivity index (χ1n) is 5.70. The van der Waals surface area contributed by atoms with Gasteiger partial charge in [-0.15, -0.1) is 0 Å². The van der Waals surface area contributed by atoms with Crippen molar-refractivity contribution in [2.45, 2.75) is 39.3 Å². The maximum absolute atomic E-state index is 11.7. The molecule has 2 N–H and O–H groups in total. The van der Waals surface area contributed by atoms with Crippen LogP contribution < -0.4 is 5.32 Å². The van der Waals surface area contributed by atoms with Gasteiger partial charge in [-0.3, -0.25) is 9.69 Å². The Labute approximate surface area is 91.6 Å². The Morgan fingerprint density at radius 2 is 2.27 bits per heavy atom. The Bertz CT molecular complexity index is 219. The van der Waals surface area contributed by atoms with Crippen LogP contribution >= 0.6 is 0 Å². The molecule has 1 fully saturated rings. The van der Waals surface area contributed by atoms with E-state index in [0.29, 0.717) is 5.92 Å². The molecule has 2 atom stereocenters. The first-order chi connectivity index (χ1) is 7.04. The van der Waals surface area contributed by atoms with E-state index in [4.69, 9.17) is 0 Å². The van der Waals surface area contributed by atoms with Gasteiger partial charge in [0.1, 0.15) is 6.04 Å². The van der Waals surface area contributed by atoms with Crippen molar-refractivity contribution in [2.24, 2.45) is 5.92 Å². The summed E-state index contributed by atoms with van der Waals surface area (Å²) < 4.78 is 0. The van der Waals surface area contributed by atoms with Gasteiger partial charge in [-0.2, -0.15) is 0 Å². The molecule has 0 aromatic rings. The molecule has 0 saturated carbocycles. The van der Waals surface area contributed by atoms with Crippen LogP contribution in [0.15, 0.2) is 0 Å². The minimum absolute atomic E-state index is 0.0387. The largest absolute Gasteiger partial charge is 0.394 e. The SMILES string of the molecule is CC(C)CN1CCC(C)NC(=O)C1CO. The quantitative estimate of drug-likeness (QED) is 0.706. The minimum Gasteiger partial charge on any atom is -0.394 e. The monoisotopic (exact) mass is 214 g/mol. The van der Waals surface area contributed by atoms with E-state index in [0.717, 1.165) is 19.5 Å². The lowest BCUT2D eigenvalue weighted by Crippen LogP contribution is -2.48. The Morgan fingerprint density at radius 3 is 2.80 bits per heavy atom. The molecule has 1 aliphatic rings. The number of hydrogen-bond donors (Lipinski definition) is 2. The molecule has 0 aromatic heterocycles. The molecule has 4 heteroatoms. The molecule has 1 saturated heterocycles. The molecule has 0 spiro atoms. The van der Waals surface area contributed by atoms with Crippen LogP contribution in [0, 0.1) is 5.92 Å². The van der Waals surface area contributed by atoms with Gasteiger partial charge in [0.15, 0.2) is 0 Å². The van der Waals surface area contributed by atoms with Gasteiger partial charge in [-0.05, 0) is 19.3 Å². The second kappa shape index (κ2) is 5.47. The summed E-state index contributed by atoms with van der Waals surface area (Å²) in [6.07, 6.45) is 0.953. The Morgan fingerprint density at radius 1 is 1.60 bits per heavy atom. The molecule has 0 aromatic carbocycles. The molecule has 88 valence electrons. The zero-order valence-electron chi connectivity index (χ0n) is 9.86. The van der Waals surface area contributed by atoms with E-state index in [9.17, 15) is 9.90 Å². The summed E-state index contributed by atoms with van der Waals surface area (Å²) >= 11 is 0. The fourth-order valence-electron chi connectivity index (χ4n) is 1.98. The molecule has 15 heavy (non-hydrogen) atoms. The molecule has 4 nitrogen and oxygen atoms in total. The average molecular weight is 214 g/mol. The van der Waals surface area contributed by atoms with E-state index < -0.39 is 0 Å². The van der Waals surface area contributed by atoms with Crippen LogP contribution in [0.2, 0.25) is 0 Å². The maximum atomic E-state index is 11.7. The number of aliphatic hydroxyl groups is 1. The lowest BCUT2D eigenvalue weighted by molar-refractivity contribution is -0.127. The summed E-state index contributed by atoms with van der Waals surface area (Å²) in [6.45, 7) is 7.91. The topological polar surface area (TPSA) is 52.6 Å². The Kier molecular flexibility index (Phi) is 4.54. The number of carbonyl (C=O) groups is 1. The first kappa shape index (κ1) is 12.5. The predicted octanol–water partition coefficient (Wildman–Crippen LogP) is 0.214. The van der Waals surface area contributed by atoms with Crippen molar-refractivity contribution in [1.29, 1.82) is 0 Å². The fraction of sp³-hybridized carbons (Fsp3) is 0.909. The van der Waals surface area contributed by atoms with E-state index in [1.165, 1.54) is 0 Å². The van der Waals surface area contributed by atoms with Gasteiger partial charge in [0, 0.05) is 19.1 Å². The van der Waals surface area contributed by atoms with Crippen LogP contribution in [0.5, 0.6) is 0 Å². The van der Waals surface area contributed by atoms with Crippen LogP contribution in [-0.4, -0.2) is 47.7 Å². The zero-order chi connectivity index (χ0) is 11.4. The molecular formula is C11H22N2O2. The number of nitrogens with one attached hydrogen (secondary N) is 1. The summed E-state index contributed by atoms with van der Waals surface area (Å²) in [5.41, 5.74) is 0. The molecule has 0 aliphatic carbocycles. The number of carbonyl (C=O) groups excluding carboxylic acids is 1. The highest BCUT2D eigenvalue weighted by atomic mass is 16.3. The van der Waals surface area contributed by atoms with Gasteiger partial charge < -0.3 is 10.4 Å². The van der Waals surface area contributed by atoms with E-state index in [1.54, 1.807) is 0 Å². The van der Waals surface area contributed by atoms with Gasteiger partial charge in [-0.1, -0.05) is 13.8 Å². The van der Waals surface area contributed by atoms with E-state index in [-0.39, 0.29) is 24.6 Å². The van der Waals surface area contributed by atoms with E-state index in [2.05, 4.69) is 24.1 Å². The van der Waals surface area contributed by atoms with Gasteiger partial charge >= 0.3 is 0 Å². The smallest absolute Gasteiger partial charge is 0.239 e. The van der Waals surface area contributed by atoms with Crippen LogP contribution in [-0.2, 0) is 4.79 Å². The predicted molar refractivity (Wildman–Crippen MR) is 59.5 cm³/mol. The lowest BCUT2D eigenvalue weighted by atomic mass is 10.1. The molecule has 0 radical (unpaired) electrons. The Hall–Kier alpha value is -0.610. The maximum Gasteiger partial charge on any atom is 0.239 e. The number of rotatable bonds is 3. The third-order valence-corrected chi connectivity index (χ3v) is 2.75. The van der Waals surface area contributed by atoms with Crippen molar-refractivity contribution in [3.63, 3.8) is 0 Å². The van der Waals surface area contributed by atoms with Crippen molar-refractivity contribution in [1.82, 2.24) is 10.2 Å². The average Bonchev–Trinajstić information content (AvgIpc) is 2.25. The second-order valence-corrected chi connectivity index (χ2v) is 4.79. The zero-order valence-corrected chi connectivity index (χ0v) is 9.86. The minimum atomic E-state index is -0.364. The van der Waals surface area contributed by atoms with Gasteiger partial charge in [0.05, 0.1) is 6.61 Å². The summed E-state index contributed by atoms with van der Waals surface area (Å²) in [4.78, 5) is 13.8. The second-order valence-electron chi connectivity index (χ2n) is 4.79. The highest BCUT2D eigenvalue weighted by Crippen LogP contribution is 2.11. The highest BCUT2D eigenvalue weighted by Gasteiger charge is 2.29. The summed E-state index contributed by atoms with van der Waals surface area (Å²) in [5, 5.41) is 12.2. The van der Waals surface area contributed by atoms with Crippen LogP contribution in [0.25, 0.3) is 0 Å². The number of amides is 1. The third kappa shape index (κ3) is 3.47. The van der Waals surface area contributed by atoms with Gasteiger partial charge in [0.25, 0.3) is 0 Å². The molecule has 1 aliphatic heterocycles. The Balaban J connectivity index is 2.68. The normalized spacial score (nSPS) is 29.0. The van der Waals surface area contributed by atoms with Crippen molar-refractivity contribution in [3.8, 4) is 0 Å². The summed E-state index contributed by atoms with van der Waals surface area (Å²) in [7, 11) is 0. The molecule has 2 unspecified atom stereocenters. The van der Waals surface area contributed by atoms with Crippen LogP contribution in [0.4, 0.5) is 0 Å². The summed E-state index contributed by atoms with van der Waals surface area (Å²) in [6, 6.07) is -0.152.